The summed E-state index contributed by atoms with van der Waals surface area (Å²) in [6, 6.07) is 0. The average Bonchev–Trinajstić information content (AvgIpc) is 2.37. The fourth-order valence-electron chi connectivity index (χ4n) is 1.74. The molecule has 0 unspecified atom stereocenters. The molecule has 1 aromatic heterocycles. The maximum atomic E-state index is 4.22. The highest BCUT2D eigenvalue weighted by Crippen LogP contribution is 2.26. The van der Waals surface area contributed by atoms with Crippen LogP contribution >= 0.6 is 0 Å². The van der Waals surface area contributed by atoms with Crippen molar-refractivity contribution in [2.24, 2.45) is 0 Å². The van der Waals surface area contributed by atoms with Gasteiger partial charge in [0.1, 0.15) is 0 Å². The van der Waals surface area contributed by atoms with Crippen LogP contribution in [0.25, 0.3) is 0 Å². The van der Waals surface area contributed by atoms with Crippen LogP contribution in [0.15, 0.2) is 0 Å². The molecule has 0 aromatic carbocycles. The van der Waals surface area contributed by atoms with Gasteiger partial charge in [-0.05, 0) is 12.8 Å². The van der Waals surface area contributed by atoms with Gasteiger partial charge in [0.15, 0.2) is 0 Å². The molecule has 0 fully saturated rings. The van der Waals surface area contributed by atoms with E-state index in [0.29, 0.717) is 0 Å². The van der Waals surface area contributed by atoms with Gasteiger partial charge in [-0.3, -0.25) is 0 Å². The van der Waals surface area contributed by atoms with E-state index in [4.69, 9.17) is 0 Å². The van der Waals surface area contributed by atoms with Crippen LogP contribution in [0.4, 0.5) is 0 Å². The first-order chi connectivity index (χ1) is 5.59. The van der Waals surface area contributed by atoms with Gasteiger partial charge >= 0.3 is 0 Å². The number of fused-ring (bicyclic) bond motifs is 1. The molecule has 0 atom stereocenters. The molecule has 0 aliphatic carbocycles. The third-order valence-electron chi connectivity index (χ3n) is 2.33. The second-order valence-electron chi connectivity index (χ2n) is 4.46. The zero-order chi connectivity index (χ0) is 8.77. The highest BCUT2D eigenvalue weighted by Gasteiger charge is 2.26. The van der Waals surface area contributed by atoms with Crippen molar-refractivity contribution in [1.82, 2.24) is 15.0 Å². The summed E-state index contributed by atoms with van der Waals surface area (Å²) in [5.41, 5.74) is 2.68. The fraction of sp³-hybridized carbons (Fsp3) is 0.778. The van der Waals surface area contributed by atoms with Crippen molar-refractivity contribution in [3.05, 3.63) is 11.4 Å². The number of nitrogens with zero attached hydrogens (tertiary/aromatic N) is 3. The monoisotopic (exact) mass is 165 g/mol. The van der Waals surface area contributed by atoms with Crippen molar-refractivity contribution >= 4 is 0 Å². The lowest BCUT2D eigenvalue weighted by Crippen LogP contribution is -2.14. The van der Waals surface area contributed by atoms with E-state index in [-0.39, 0.29) is 5.41 Å². The first kappa shape index (κ1) is 7.77. The minimum absolute atomic E-state index is 0.151. The van der Waals surface area contributed by atoms with Gasteiger partial charge in [-0.2, -0.15) is 0 Å². The van der Waals surface area contributed by atoms with Crippen LogP contribution in [-0.4, -0.2) is 15.0 Å². The van der Waals surface area contributed by atoms with Gasteiger partial charge in [0, 0.05) is 12.0 Å². The Balaban J connectivity index is 2.46. The molecule has 3 nitrogen and oxygen atoms in total. The van der Waals surface area contributed by atoms with Crippen LogP contribution in [0, 0.1) is 0 Å². The van der Waals surface area contributed by atoms with Gasteiger partial charge < -0.3 is 0 Å². The van der Waals surface area contributed by atoms with Crippen molar-refractivity contribution < 1.29 is 0 Å². The van der Waals surface area contributed by atoms with Crippen LogP contribution in [-0.2, 0) is 18.4 Å². The molecule has 0 bridgehead atoms. The van der Waals surface area contributed by atoms with E-state index < -0.39 is 0 Å². The number of hydrogen-bond acceptors (Lipinski definition) is 2. The molecule has 2 rings (SSSR count). The molecule has 66 valence electrons. The van der Waals surface area contributed by atoms with Gasteiger partial charge in [-0.15, -0.1) is 5.10 Å². The Morgan fingerprint density at radius 2 is 2.08 bits per heavy atom. The van der Waals surface area contributed by atoms with Crippen LogP contribution in [0.3, 0.4) is 0 Å². The standard InChI is InChI=1S/C9H15N3/c1-9(2,3)8-7-5-4-6-12(7)11-10-8/h4-6H2,1-3H3. The summed E-state index contributed by atoms with van der Waals surface area (Å²) in [7, 11) is 0. The van der Waals surface area contributed by atoms with Gasteiger partial charge in [0.2, 0.25) is 0 Å². The maximum absolute atomic E-state index is 4.22. The van der Waals surface area contributed by atoms with Crippen molar-refractivity contribution in [2.75, 3.05) is 0 Å². The molecule has 0 saturated heterocycles. The molecule has 0 spiro atoms. The summed E-state index contributed by atoms with van der Waals surface area (Å²) in [4.78, 5) is 0. The molecule has 0 amide bonds. The fourth-order valence-corrected chi connectivity index (χ4v) is 1.74. The SMILES string of the molecule is CC(C)(C)c1nnn2c1CCC2. The summed E-state index contributed by atoms with van der Waals surface area (Å²) in [5, 5.41) is 8.35. The third kappa shape index (κ3) is 1.04. The van der Waals surface area contributed by atoms with Crippen LogP contribution in [0.1, 0.15) is 38.6 Å². The van der Waals surface area contributed by atoms with Crippen molar-refractivity contribution in [1.29, 1.82) is 0 Å². The zero-order valence-corrected chi connectivity index (χ0v) is 7.96. The highest BCUT2D eigenvalue weighted by molar-refractivity contribution is 5.20. The Morgan fingerprint density at radius 1 is 1.33 bits per heavy atom. The van der Waals surface area contributed by atoms with Crippen LogP contribution in [0.2, 0.25) is 0 Å². The lowest BCUT2D eigenvalue weighted by atomic mass is 9.90. The lowest BCUT2D eigenvalue weighted by molar-refractivity contribution is 0.556. The molecular weight excluding hydrogens is 150 g/mol. The average molecular weight is 165 g/mol. The minimum atomic E-state index is 0.151. The Kier molecular flexibility index (Phi) is 1.50. The van der Waals surface area contributed by atoms with E-state index in [1.807, 2.05) is 4.68 Å². The first-order valence-corrected chi connectivity index (χ1v) is 4.52. The molecular formula is C9H15N3. The quantitative estimate of drug-likeness (QED) is 0.583. The predicted octanol–water partition coefficient (Wildman–Crippen LogP) is 1.52. The first-order valence-electron chi connectivity index (χ1n) is 4.52. The largest absolute Gasteiger partial charge is 0.249 e. The molecule has 0 radical (unpaired) electrons. The van der Waals surface area contributed by atoms with Gasteiger partial charge in [0.25, 0.3) is 0 Å². The molecule has 1 aromatic rings. The predicted molar refractivity (Wildman–Crippen MR) is 47.0 cm³/mol. The molecule has 12 heavy (non-hydrogen) atoms. The Hall–Kier alpha value is -0.860. The summed E-state index contributed by atoms with van der Waals surface area (Å²) in [5.74, 6) is 0. The second-order valence-corrected chi connectivity index (χ2v) is 4.46. The van der Waals surface area contributed by atoms with E-state index in [1.165, 1.54) is 17.8 Å². The molecule has 2 heterocycles. The number of rotatable bonds is 0. The van der Waals surface area contributed by atoms with Crippen LogP contribution < -0.4 is 0 Å². The smallest absolute Gasteiger partial charge is 0.0912 e. The van der Waals surface area contributed by atoms with Crippen LogP contribution in [0.5, 0.6) is 0 Å². The van der Waals surface area contributed by atoms with Gasteiger partial charge in [-0.1, -0.05) is 26.0 Å². The van der Waals surface area contributed by atoms with E-state index in [0.717, 1.165) is 13.0 Å². The summed E-state index contributed by atoms with van der Waals surface area (Å²) in [6.07, 6.45) is 2.38. The van der Waals surface area contributed by atoms with Crippen molar-refractivity contribution in [2.45, 2.75) is 45.6 Å². The Morgan fingerprint density at radius 3 is 2.75 bits per heavy atom. The molecule has 0 N–H and O–H groups in total. The van der Waals surface area contributed by atoms with E-state index >= 15 is 0 Å². The number of hydrogen-bond donors (Lipinski definition) is 0. The van der Waals surface area contributed by atoms with Crippen molar-refractivity contribution in [3.63, 3.8) is 0 Å². The molecule has 1 aliphatic heterocycles. The number of aryl methyl sites for hydroxylation is 1. The minimum Gasteiger partial charge on any atom is -0.249 e. The van der Waals surface area contributed by atoms with E-state index in [1.54, 1.807) is 0 Å². The van der Waals surface area contributed by atoms with E-state index in [9.17, 15) is 0 Å². The maximum Gasteiger partial charge on any atom is 0.0912 e. The zero-order valence-electron chi connectivity index (χ0n) is 7.96. The number of aromatic nitrogens is 3. The summed E-state index contributed by atoms with van der Waals surface area (Å²) in [6.45, 7) is 7.63. The lowest BCUT2D eigenvalue weighted by Gasteiger charge is -2.15. The van der Waals surface area contributed by atoms with Gasteiger partial charge in [0.05, 0.1) is 11.4 Å². The third-order valence-corrected chi connectivity index (χ3v) is 2.33. The van der Waals surface area contributed by atoms with Crippen molar-refractivity contribution in [3.8, 4) is 0 Å². The van der Waals surface area contributed by atoms with E-state index in [2.05, 4.69) is 31.1 Å². The summed E-state index contributed by atoms with van der Waals surface area (Å²) < 4.78 is 2.04. The highest BCUT2D eigenvalue weighted by atomic mass is 15.4. The second kappa shape index (κ2) is 2.31. The Labute approximate surface area is 72.8 Å². The normalized spacial score (nSPS) is 16.6. The summed E-state index contributed by atoms with van der Waals surface area (Å²) >= 11 is 0. The van der Waals surface area contributed by atoms with Gasteiger partial charge in [-0.25, -0.2) is 4.68 Å². The topological polar surface area (TPSA) is 30.7 Å². The molecule has 0 saturated carbocycles. The Bertz CT molecular complexity index is 293. The molecule has 3 heteroatoms. The molecule has 1 aliphatic rings.